The summed E-state index contributed by atoms with van der Waals surface area (Å²) < 4.78 is 7.36. The maximum atomic E-state index is 12.3. The molecule has 2 aromatic carbocycles. The molecule has 3 rings (SSSR count). The van der Waals surface area contributed by atoms with Crippen molar-refractivity contribution < 1.29 is 9.53 Å². The van der Waals surface area contributed by atoms with Gasteiger partial charge in [0.05, 0.1) is 24.4 Å². The lowest BCUT2D eigenvalue weighted by Crippen LogP contribution is -2.17. The quantitative estimate of drug-likeness (QED) is 0.713. The van der Waals surface area contributed by atoms with Gasteiger partial charge in [0, 0.05) is 5.02 Å². The maximum Gasteiger partial charge on any atom is 0.227 e. The van der Waals surface area contributed by atoms with E-state index in [2.05, 4.69) is 15.4 Å². The Morgan fingerprint density at radius 1 is 1.23 bits per heavy atom. The smallest absolute Gasteiger partial charge is 0.227 e. The molecular weight excluding hydrogens is 352 g/mol. The topological polar surface area (TPSA) is 69.0 Å². The van der Waals surface area contributed by atoms with Gasteiger partial charge in [-0.2, -0.15) is 5.10 Å². The van der Waals surface area contributed by atoms with Gasteiger partial charge in [-0.25, -0.2) is 9.67 Å². The molecule has 0 aliphatic heterocycles. The fourth-order valence-corrected chi connectivity index (χ4v) is 2.80. The van der Waals surface area contributed by atoms with E-state index in [-0.39, 0.29) is 18.9 Å². The summed E-state index contributed by atoms with van der Waals surface area (Å²) in [5.41, 5.74) is 3.36. The third kappa shape index (κ3) is 4.21. The number of carbonyl (C=O) groups excluding carboxylic acids is 1. The lowest BCUT2D eigenvalue weighted by molar-refractivity contribution is -0.116. The number of rotatable bonds is 6. The summed E-state index contributed by atoms with van der Waals surface area (Å²) in [5, 5.41) is 7.48. The van der Waals surface area contributed by atoms with Gasteiger partial charge in [0.25, 0.3) is 0 Å². The SMILES string of the molecule is Cc1cccc(C)c1OCCC(=O)Nc1cc(Cl)ccc1-n1cncn1. The Balaban J connectivity index is 1.65. The van der Waals surface area contributed by atoms with Crippen molar-refractivity contribution in [1.82, 2.24) is 14.8 Å². The number of nitrogens with one attached hydrogen (secondary N) is 1. The lowest BCUT2D eigenvalue weighted by Gasteiger charge is -2.13. The Kier molecular flexibility index (Phi) is 5.53. The van der Waals surface area contributed by atoms with E-state index in [1.807, 2.05) is 32.0 Å². The van der Waals surface area contributed by atoms with Crippen molar-refractivity contribution in [2.45, 2.75) is 20.3 Å². The van der Waals surface area contributed by atoms with Crippen molar-refractivity contribution in [2.24, 2.45) is 0 Å². The highest BCUT2D eigenvalue weighted by Gasteiger charge is 2.11. The molecule has 0 aliphatic rings. The number of para-hydroxylation sites is 1. The van der Waals surface area contributed by atoms with Gasteiger partial charge in [-0.05, 0) is 43.2 Å². The average Bonchev–Trinajstić information content (AvgIpc) is 3.12. The van der Waals surface area contributed by atoms with E-state index in [0.29, 0.717) is 16.4 Å². The van der Waals surface area contributed by atoms with Gasteiger partial charge in [-0.3, -0.25) is 4.79 Å². The second kappa shape index (κ2) is 8.01. The zero-order chi connectivity index (χ0) is 18.5. The first-order valence-corrected chi connectivity index (χ1v) is 8.56. The van der Waals surface area contributed by atoms with Crippen LogP contribution in [0, 0.1) is 13.8 Å². The Morgan fingerprint density at radius 3 is 2.69 bits per heavy atom. The number of ether oxygens (including phenoxy) is 1. The fraction of sp³-hybridized carbons (Fsp3) is 0.211. The predicted octanol–water partition coefficient (Wildman–Crippen LogP) is 3.95. The number of anilines is 1. The molecule has 1 amide bonds. The number of nitrogens with zero attached hydrogens (tertiary/aromatic N) is 3. The average molecular weight is 371 g/mol. The summed E-state index contributed by atoms with van der Waals surface area (Å²) in [6.45, 7) is 4.26. The number of carbonyl (C=O) groups is 1. The van der Waals surface area contributed by atoms with Crippen molar-refractivity contribution in [3.63, 3.8) is 0 Å². The van der Waals surface area contributed by atoms with Crippen molar-refractivity contribution in [3.05, 3.63) is 65.2 Å². The summed E-state index contributed by atoms with van der Waals surface area (Å²) in [6, 6.07) is 11.1. The van der Waals surface area contributed by atoms with Crippen LogP contribution in [-0.2, 0) is 4.79 Å². The lowest BCUT2D eigenvalue weighted by atomic mass is 10.1. The van der Waals surface area contributed by atoms with Crippen LogP contribution in [0.1, 0.15) is 17.5 Å². The number of hydrogen-bond acceptors (Lipinski definition) is 4. The minimum absolute atomic E-state index is 0.167. The van der Waals surface area contributed by atoms with E-state index < -0.39 is 0 Å². The molecule has 0 atom stereocenters. The third-order valence-electron chi connectivity index (χ3n) is 3.88. The van der Waals surface area contributed by atoms with E-state index in [0.717, 1.165) is 16.9 Å². The van der Waals surface area contributed by atoms with Crippen LogP contribution in [0.15, 0.2) is 49.1 Å². The molecule has 0 saturated heterocycles. The normalized spacial score (nSPS) is 10.6. The standard InChI is InChI=1S/C19H19ClN4O2/c1-13-4-3-5-14(2)19(13)26-9-8-18(25)23-16-10-15(20)6-7-17(16)24-12-21-11-22-24/h3-7,10-12H,8-9H2,1-2H3,(H,23,25). The first-order valence-electron chi connectivity index (χ1n) is 8.18. The third-order valence-corrected chi connectivity index (χ3v) is 4.12. The highest BCUT2D eigenvalue weighted by Crippen LogP contribution is 2.25. The molecule has 6 nitrogen and oxygen atoms in total. The number of amides is 1. The number of aromatic nitrogens is 3. The molecule has 0 unspecified atom stereocenters. The minimum atomic E-state index is -0.167. The van der Waals surface area contributed by atoms with Gasteiger partial charge in [-0.15, -0.1) is 0 Å². The molecule has 1 aromatic heterocycles. The van der Waals surface area contributed by atoms with Crippen LogP contribution >= 0.6 is 11.6 Å². The molecule has 134 valence electrons. The van der Waals surface area contributed by atoms with Gasteiger partial charge < -0.3 is 10.1 Å². The van der Waals surface area contributed by atoms with E-state index in [1.165, 1.54) is 6.33 Å². The van der Waals surface area contributed by atoms with Gasteiger partial charge in [0.1, 0.15) is 18.4 Å². The van der Waals surface area contributed by atoms with Crippen LogP contribution in [0.25, 0.3) is 5.69 Å². The molecule has 0 spiro atoms. The van der Waals surface area contributed by atoms with Crippen LogP contribution in [0.4, 0.5) is 5.69 Å². The highest BCUT2D eigenvalue weighted by atomic mass is 35.5. The van der Waals surface area contributed by atoms with Crippen molar-refractivity contribution in [1.29, 1.82) is 0 Å². The summed E-state index contributed by atoms with van der Waals surface area (Å²) in [4.78, 5) is 16.3. The maximum absolute atomic E-state index is 12.3. The molecule has 3 aromatic rings. The molecule has 26 heavy (non-hydrogen) atoms. The summed E-state index contributed by atoms with van der Waals surface area (Å²) in [5.74, 6) is 0.659. The van der Waals surface area contributed by atoms with E-state index in [1.54, 1.807) is 29.2 Å². The Morgan fingerprint density at radius 2 is 2.00 bits per heavy atom. The van der Waals surface area contributed by atoms with Crippen LogP contribution in [0.2, 0.25) is 5.02 Å². The number of halogens is 1. The van der Waals surface area contributed by atoms with E-state index >= 15 is 0 Å². The summed E-state index contributed by atoms with van der Waals surface area (Å²) >= 11 is 6.06. The summed E-state index contributed by atoms with van der Waals surface area (Å²) in [6.07, 6.45) is 3.21. The second-order valence-electron chi connectivity index (χ2n) is 5.87. The number of aryl methyl sites for hydroxylation is 2. The minimum Gasteiger partial charge on any atom is -0.493 e. The van der Waals surface area contributed by atoms with Crippen LogP contribution in [-0.4, -0.2) is 27.3 Å². The summed E-state index contributed by atoms with van der Waals surface area (Å²) in [7, 11) is 0. The second-order valence-corrected chi connectivity index (χ2v) is 6.31. The van der Waals surface area contributed by atoms with Gasteiger partial charge in [0.15, 0.2) is 0 Å². The molecule has 0 radical (unpaired) electrons. The zero-order valence-electron chi connectivity index (χ0n) is 14.6. The van der Waals surface area contributed by atoms with Gasteiger partial charge in [0.2, 0.25) is 5.91 Å². The zero-order valence-corrected chi connectivity index (χ0v) is 15.3. The highest BCUT2D eigenvalue weighted by molar-refractivity contribution is 6.31. The van der Waals surface area contributed by atoms with Crippen LogP contribution in [0.3, 0.4) is 0 Å². The first kappa shape index (κ1) is 17.9. The van der Waals surface area contributed by atoms with Crippen molar-refractivity contribution in [2.75, 3.05) is 11.9 Å². The van der Waals surface area contributed by atoms with Crippen LogP contribution < -0.4 is 10.1 Å². The molecule has 0 saturated carbocycles. The molecule has 0 aliphatic carbocycles. The predicted molar refractivity (Wildman–Crippen MR) is 101 cm³/mol. The van der Waals surface area contributed by atoms with Gasteiger partial charge >= 0.3 is 0 Å². The largest absolute Gasteiger partial charge is 0.493 e. The number of hydrogen-bond donors (Lipinski definition) is 1. The van der Waals surface area contributed by atoms with Gasteiger partial charge in [-0.1, -0.05) is 29.8 Å². The van der Waals surface area contributed by atoms with E-state index in [9.17, 15) is 4.79 Å². The molecule has 0 bridgehead atoms. The van der Waals surface area contributed by atoms with Crippen molar-refractivity contribution >= 4 is 23.2 Å². The monoisotopic (exact) mass is 370 g/mol. The fourth-order valence-electron chi connectivity index (χ4n) is 2.63. The molecule has 0 fully saturated rings. The molecule has 7 heteroatoms. The molecule has 1 N–H and O–H groups in total. The Labute approximate surface area is 156 Å². The first-order chi connectivity index (χ1) is 12.5. The van der Waals surface area contributed by atoms with Crippen molar-refractivity contribution in [3.8, 4) is 11.4 Å². The number of benzene rings is 2. The van der Waals surface area contributed by atoms with Crippen LogP contribution in [0.5, 0.6) is 5.75 Å². The van der Waals surface area contributed by atoms with E-state index in [4.69, 9.17) is 16.3 Å². The Bertz CT molecular complexity index is 890. The molecule has 1 heterocycles. The molecular formula is C19H19ClN4O2. The Hall–Kier alpha value is -2.86.